The van der Waals surface area contributed by atoms with Crippen LogP contribution in [0.1, 0.15) is 54.9 Å². The van der Waals surface area contributed by atoms with Gasteiger partial charge in [-0.2, -0.15) is 0 Å². The summed E-state index contributed by atoms with van der Waals surface area (Å²) in [6, 6.07) is 13.0. The minimum absolute atomic E-state index is 0.0996. The molecule has 0 saturated heterocycles. The van der Waals surface area contributed by atoms with Crippen molar-refractivity contribution < 1.29 is 8.63 Å². The number of nitrogens with zero attached hydrogens (tertiary/aromatic N) is 1. The van der Waals surface area contributed by atoms with E-state index in [0.717, 1.165) is 27.9 Å². The van der Waals surface area contributed by atoms with Crippen LogP contribution in [0.5, 0.6) is 0 Å². The van der Waals surface area contributed by atoms with Crippen molar-refractivity contribution in [2.24, 2.45) is 22.1 Å². The van der Waals surface area contributed by atoms with Crippen LogP contribution < -0.4 is 0 Å². The van der Waals surface area contributed by atoms with Crippen LogP contribution in [0, 0.1) is 17.8 Å². The quantitative estimate of drug-likeness (QED) is 0.220. The van der Waals surface area contributed by atoms with E-state index >= 15 is 0 Å². The van der Waals surface area contributed by atoms with E-state index in [9.17, 15) is 4.21 Å². The molecule has 0 spiro atoms. The van der Waals surface area contributed by atoms with Crippen LogP contribution in [-0.4, -0.2) is 25.7 Å². The van der Waals surface area contributed by atoms with Crippen molar-refractivity contribution in [2.75, 3.05) is 7.05 Å². The van der Waals surface area contributed by atoms with Gasteiger partial charge in [-0.3, -0.25) is 0 Å². The normalized spacial score (nSPS) is 16.8. The molecule has 31 heavy (non-hydrogen) atoms. The van der Waals surface area contributed by atoms with Crippen molar-refractivity contribution >= 4 is 18.0 Å². The van der Waals surface area contributed by atoms with E-state index in [2.05, 4.69) is 65.5 Å². The Morgan fingerprint density at radius 1 is 1.06 bits per heavy atom. The standard InChI is InChI=1S/C26H45NO2SSi/c1-10-17-24(30(28,27-9)23-18-15-14-16-19-23)20-25(21(5)6)26(22(7)8)29-31(11-2,12-3)13-4/h10,14-16,18-22,25-26H,1,11-13,17H2,2-9H3/b24-20+/t25-,26-,30?/m0/s1. The lowest BCUT2D eigenvalue weighted by Gasteiger charge is -2.40. The number of hydrogen-bond donors (Lipinski definition) is 0. The smallest absolute Gasteiger partial charge is 0.192 e. The molecule has 1 aromatic carbocycles. The molecule has 0 aliphatic rings. The van der Waals surface area contributed by atoms with Crippen LogP contribution >= 0.6 is 0 Å². The first kappa shape index (κ1) is 27.9. The van der Waals surface area contributed by atoms with Gasteiger partial charge in [-0.25, -0.2) is 8.57 Å². The molecule has 176 valence electrons. The average Bonchev–Trinajstić information content (AvgIpc) is 2.78. The van der Waals surface area contributed by atoms with Crippen LogP contribution in [0.25, 0.3) is 0 Å². The molecule has 0 amide bonds. The first-order chi connectivity index (χ1) is 14.6. The van der Waals surface area contributed by atoms with E-state index in [1.807, 2.05) is 36.4 Å². The molecular weight excluding hydrogens is 418 g/mol. The Hall–Kier alpha value is -1.17. The van der Waals surface area contributed by atoms with Gasteiger partial charge in [0.15, 0.2) is 8.32 Å². The van der Waals surface area contributed by atoms with E-state index in [-0.39, 0.29) is 12.0 Å². The van der Waals surface area contributed by atoms with Gasteiger partial charge in [0.25, 0.3) is 0 Å². The highest BCUT2D eigenvalue weighted by atomic mass is 32.2. The van der Waals surface area contributed by atoms with Gasteiger partial charge in [0.2, 0.25) is 0 Å². The van der Waals surface area contributed by atoms with Gasteiger partial charge in [-0.1, -0.05) is 78.8 Å². The number of benzene rings is 1. The lowest BCUT2D eigenvalue weighted by atomic mass is 9.84. The minimum atomic E-state index is -2.69. The second kappa shape index (κ2) is 12.8. The Labute approximate surface area is 193 Å². The maximum absolute atomic E-state index is 14.1. The molecule has 1 aromatic rings. The molecule has 0 aliphatic heterocycles. The zero-order valence-corrected chi connectivity index (χ0v) is 22.9. The first-order valence-corrected chi connectivity index (χ1v) is 15.9. The highest BCUT2D eigenvalue weighted by Gasteiger charge is 2.37. The van der Waals surface area contributed by atoms with E-state index in [4.69, 9.17) is 4.43 Å². The molecule has 0 heterocycles. The van der Waals surface area contributed by atoms with Crippen LogP contribution in [0.4, 0.5) is 0 Å². The lowest BCUT2D eigenvalue weighted by Crippen LogP contribution is -2.45. The fourth-order valence-electron chi connectivity index (χ4n) is 4.22. The Morgan fingerprint density at radius 2 is 1.61 bits per heavy atom. The van der Waals surface area contributed by atoms with Gasteiger partial charge >= 0.3 is 0 Å². The van der Waals surface area contributed by atoms with Crippen molar-refractivity contribution in [1.29, 1.82) is 0 Å². The molecule has 3 nitrogen and oxygen atoms in total. The van der Waals surface area contributed by atoms with Gasteiger partial charge in [0.1, 0.15) is 0 Å². The number of rotatable bonds is 13. The summed E-state index contributed by atoms with van der Waals surface area (Å²) < 4.78 is 25.6. The van der Waals surface area contributed by atoms with E-state index < -0.39 is 18.0 Å². The van der Waals surface area contributed by atoms with Crippen molar-refractivity contribution in [3.05, 3.63) is 54.0 Å². The third-order valence-electron chi connectivity index (χ3n) is 6.52. The summed E-state index contributed by atoms with van der Waals surface area (Å²) >= 11 is 0. The Bertz CT molecular complexity index is 811. The SMILES string of the molecule is C=CC/C(=C\[C@@H](C(C)C)[C@@H](O[Si](CC)(CC)CC)C(C)C)S(=O)(=NC)c1ccccc1. The third kappa shape index (κ3) is 6.90. The van der Waals surface area contributed by atoms with Crippen molar-refractivity contribution in [3.8, 4) is 0 Å². The molecule has 0 aliphatic carbocycles. The number of allylic oxidation sites excluding steroid dienone is 2. The average molecular weight is 464 g/mol. The fraction of sp³-hybridized carbons (Fsp3) is 0.615. The van der Waals surface area contributed by atoms with Gasteiger partial charge in [0, 0.05) is 17.9 Å². The molecular formula is C26H45NO2SSi. The van der Waals surface area contributed by atoms with Crippen molar-refractivity contribution in [2.45, 2.75) is 84.0 Å². The zero-order valence-electron chi connectivity index (χ0n) is 21.1. The van der Waals surface area contributed by atoms with Crippen LogP contribution in [0.15, 0.2) is 63.2 Å². The largest absolute Gasteiger partial charge is 0.413 e. The predicted octanol–water partition coefficient (Wildman–Crippen LogP) is 7.92. The number of hydrogen-bond acceptors (Lipinski definition) is 3. The summed E-state index contributed by atoms with van der Waals surface area (Å²) in [6.45, 7) is 19.8. The third-order valence-corrected chi connectivity index (χ3v) is 13.6. The highest BCUT2D eigenvalue weighted by molar-refractivity contribution is 7.97. The molecule has 0 aromatic heterocycles. The van der Waals surface area contributed by atoms with Crippen molar-refractivity contribution in [3.63, 3.8) is 0 Å². The Morgan fingerprint density at radius 3 is 2.00 bits per heavy atom. The van der Waals surface area contributed by atoms with Crippen LogP contribution in [0.2, 0.25) is 18.1 Å². The van der Waals surface area contributed by atoms with E-state index in [1.165, 1.54) is 0 Å². The van der Waals surface area contributed by atoms with Crippen LogP contribution in [0.3, 0.4) is 0 Å². The summed E-state index contributed by atoms with van der Waals surface area (Å²) in [6.07, 6.45) is 4.71. The monoisotopic (exact) mass is 463 g/mol. The molecule has 0 bridgehead atoms. The summed E-state index contributed by atoms with van der Waals surface area (Å²) in [7, 11) is -2.81. The molecule has 5 heteroatoms. The lowest BCUT2D eigenvalue weighted by molar-refractivity contribution is 0.0773. The van der Waals surface area contributed by atoms with Gasteiger partial charge < -0.3 is 4.43 Å². The Balaban J connectivity index is 3.61. The fourth-order valence-corrected chi connectivity index (χ4v) is 9.19. The second-order valence-electron chi connectivity index (χ2n) is 9.04. The maximum Gasteiger partial charge on any atom is 0.192 e. The van der Waals surface area contributed by atoms with Gasteiger partial charge in [-0.15, -0.1) is 6.58 Å². The highest BCUT2D eigenvalue weighted by Crippen LogP contribution is 2.35. The van der Waals surface area contributed by atoms with Gasteiger partial charge in [0.05, 0.1) is 20.7 Å². The first-order valence-electron chi connectivity index (χ1n) is 11.8. The molecule has 0 fully saturated rings. The topological polar surface area (TPSA) is 38.7 Å². The minimum Gasteiger partial charge on any atom is -0.413 e. The van der Waals surface area contributed by atoms with Crippen LogP contribution in [-0.2, 0) is 14.2 Å². The molecule has 1 rings (SSSR count). The molecule has 0 saturated carbocycles. The maximum atomic E-state index is 14.1. The molecule has 1 unspecified atom stereocenters. The molecule has 0 N–H and O–H groups in total. The van der Waals surface area contributed by atoms with E-state index in [0.29, 0.717) is 18.3 Å². The Kier molecular flexibility index (Phi) is 11.5. The summed E-state index contributed by atoms with van der Waals surface area (Å²) in [5.74, 6) is 0.898. The molecule has 3 atom stereocenters. The van der Waals surface area contributed by atoms with Gasteiger partial charge in [-0.05, 0) is 48.5 Å². The summed E-state index contributed by atoms with van der Waals surface area (Å²) in [5.41, 5.74) is 0. The predicted molar refractivity (Wildman–Crippen MR) is 139 cm³/mol. The van der Waals surface area contributed by atoms with Crippen molar-refractivity contribution in [1.82, 2.24) is 0 Å². The van der Waals surface area contributed by atoms with E-state index in [1.54, 1.807) is 7.05 Å². The molecule has 0 radical (unpaired) electrons. The second-order valence-corrected chi connectivity index (χ2v) is 16.2. The zero-order chi connectivity index (χ0) is 23.7. The summed E-state index contributed by atoms with van der Waals surface area (Å²) in [4.78, 5) is 1.61. The summed E-state index contributed by atoms with van der Waals surface area (Å²) in [5, 5.41) is 0.